The van der Waals surface area contributed by atoms with Crippen LogP contribution in [0.15, 0.2) is 121 Å². The van der Waals surface area contributed by atoms with Gasteiger partial charge in [0.25, 0.3) is 0 Å². The Hall–Kier alpha value is -4.23. The predicted molar refractivity (Wildman–Crippen MR) is 147 cm³/mol. The van der Waals surface area contributed by atoms with Gasteiger partial charge in [0.05, 0.1) is 12.3 Å². The van der Waals surface area contributed by atoms with Gasteiger partial charge in [-0.1, -0.05) is 103 Å². The van der Waals surface area contributed by atoms with Gasteiger partial charge in [0.2, 0.25) is 5.91 Å². The lowest BCUT2D eigenvalue weighted by molar-refractivity contribution is -0.129. The molecule has 0 aliphatic heterocycles. The topological polar surface area (TPSA) is 63.9 Å². The van der Waals surface area contributed by atoms with Crippen LogP contribution in [0.3, 0.4) is 0 Å². The van der Waals surface area contributed by atoms with Crippen LogP contribution >= 0.6 is 11.8 Å². The molecular weight excluding hydrogens is 478 g/mol. The Kier molecular flexibility index (Phi) is 8.03. The van der Waals surface area contributed by atoms with Crippen LogP contribution in [0.4, 0.5) is 0 Å². The number of rotatable bonds is 10. The minimum atomic E-state index is 0.0532. The second-order valence-corrected chi connectivity index (χ2v) is 9.57. The van der Waals surface area contributed by atoms with Crippen molar-refractivity contribution in [2.75, 3.05) is 5.75 Å². The molecule has 0 aliphatic rings. The molecule has 0 atom stereocenters. The van der Waals surface area contributed by atoms with Gasteiger partial charge in [-0.15, -0.1) is 10.2 Å². The zero-order valence-corrected chi connectivity index (χ0v) is 21.2. The minimum absolute atomic E-state index is 0.0532. The van der Waals surface area contributed by atoms with E-state index in [4.69, 9.17) is 0 Å². The Bertz CT molecular complexity index is 1370. The number of thioether (sulfide) groups is 1. The molecule has 0 saturated carbocycles. The smallest absolute Gasteiger partial charge is 0.233 e. The highest BCUT2D eigenvalue weighted by molar-refractivity contribution is 7.99. The van der Waals surface area contributed by atoms with Crippen LogP contribution in [-0.2, 0) is 24.4 Å². The number of amides is 1. The summed E-state index contributed by atoms with van der Waals surface area (Å²) in [6.07, 6.45) is 3.50. The lowest BCUT2D eigenvalue weighted by atomic mass is 10.1. The molecule has 37 heavy (non-hydrogen) atoms. The molecule has 0 spiro atoms. The van der Waals surface area contributed by atoms with E-state index in [-0.39, 0.29) is 11.7 Å². The van der Waals surface area contributed by atoms with E-state index in [1.165, 1.54) is 11.8 Å². The molecule has 6 nitrogen and oxygen atoms in total. The zero-order chi connectivity index (χ0) is 25.3. The minimum Gasteiger partial charge on any atom is -0.333 e. The maximum Gasteiger partial charge on any atom is 0.233 e. The van der Waals surface area contributed by atoms with Crippen molar-refractivity contribution >= 4 is 17.7 Å². The monoisotopic (exact) mass is 505 g/mol. The second kappa shape index (κ2) is 12.1. The van der Waals surface area contributed by atoms with Gasteiger partial charge in [-0.05, 0) is 28.8 Å². The van der Waals surface area contributed by atoms with Gasteiger partial charge >= 0.3 is 0 Å². The van der Waals surface area contributed by atoms with Crippen molar-refractivity contribution in [3.05, 3.63) is 132 Å². The highest BCUT2D eigenvalue weighted by atomic mass is 32.2. The van der Waals surface area contributed by atoms with Gasteiger partial charge in [0, 0.05) is 31.0 Å². The average Bonchev–Trinajstić information content (AvgIpc) is 3.35. The summed E-state index contributed by atoms with van der Waals surface area (Å²) < 4.78 is 2.07. The van der Waals surface area contributed by atoms with Crippen LogP contribution in [0, 0.1) is 0 Å². The van der Waals surface area contributed by atoms with Crippen molar-refractivity contribution in [3.63, 3.8) is 0 Å². The van der Waals surface area contributed by atoms with Crippen molar-refractivity contribution in [2.45, 2.75) is 24.8 Å². The largest absolute Gasteiger partial charge is 0.333 e. The van der Waals surface area contributed by atoms with Gasteiger partial charge in [0.15, 0.2) is 11.0 Å². The SMILES string of the molecule is O=C(CSc1nnc(-c2ccncc2)n1Cc1ccccc1)N(Cc1ccccc1)Cc1ccccc1. The maximum absolute atomic E-state index is 13.5. The van der Waals surface area contributed by atoms with Gasteiger partial charge in [-0.25, -0.2) is 0 Å². The first kappa shape index (κ1) is 24.5. The van der Waals surface area contributed by atoms with Crippen LogP contribution in [0.2, 0.25) is 0 Å². The number of hydrogen-bond donors (Lipinski definition) is 0. The molecule has 0 aliphatic carbocycles. The lowest BCUT2D eigenvalue weighted by Crippen LogP contribution is -2.31. The Morgan fingerprint density at radius 2 is 1.24 bits per heavy atom. The fourth-order valence-corrected chi connectivity index (χ4v) is 4.92. The number of carbonyl (C=O) groups excluding carboxylic acids is 1. The number of nitrogens with zero attached hydrogens (tertiary/aromatic N) is 5. The van der Waals surface area contributed by atoms with Crippen LogP contribution in [-0.4, -0.2) is 36.3 Å². The first-order chi connectivity index (χ1) is 18.3. The second-order valence-electron chi connectivity index (χ2n) is 8.62. The van der Waals surface area contributed by atoms with E-state index in [0.717, 1.165) is 28.1 Å². The number of pyridine rings is 1. The van der Waals surface area contributed by atoms with E-state index in [1.807, 2.05) is 71.6 Å². The Morgan fingerprint density at radius 3 is 1.81 bits per heavy atom. The van der Waals surface area contributed by atoms with E-state index in [2.05, 4.69) is 56.1 Å². The molecule has 7 heteroatoms. The third kappa shape index (κ3) is 6.51. The predicted octanol–water partition coefficient (Wildman–Crippen LogP) is 5.71. The van der Waals surface area contributed by atoms with Gasteiger partial charge in [0.1, 0.15) is 0 Å². The summed E-state index contributed by atoms with van der Waals surface area (Å²) in [5.41, 5.74) is 4.28. The summed E-state index contributed by atoms with van der Waals surface area (Å²) >= 11 is 1.42. The van der Waals surface area contributed by atoms with Crippen LogP contribution in [0.25, 0.3) is 11.4 Å². The summed E-state index contributed by atoms with van der Waals surface area (Å²) in [6.45, 7) is 1.71. The summed E-state index contributed by atoms with van der Waals surface area (Å²) in [5.74, 6) is 1.08. The summed E-state index contributed by atoms with van der Waals surface area (Å²) in [5, 5.41) is 9.66. The fourth-order valence-electron chi connectivity index (χ4n) is 4.08. The van der Waals surface area contributed by atoms with Crippen LogP contribution in [0.1, 0.15) is 16.7 Å². The molecular formula is C30H27N5OS. The first-order valence-corrected chi connectivity index (χ1v) is 13.1. The van der Waals surface area contributed by atoms with Gasteiger partial charge < -0.3 is 4.90 Å². The molecule has 0 unspecified atom stereocenters. The molecule has 2 heterocycles. The first-order valence-electron chi connectivity index (χ1n) is 12.1. The highest BCUT2D eigenvalue weighted by Crippen LogP contribution is 2.25. The van der Waals surface area contributed by atoms with Crippen LogP contribution < -0.4 is 0 Å². The molecule has 0 fully saturated rings. The van der Waals surface area contributed by atoms with Crippen molar-refractivity contribution < 1.29 is 4.79 Å². The Labute approximate surface area is 221 Å². The van der Waals surface area contributed by atoms with Crippen LogP contribution in [0.5, 0.6) is 0 Å². The molecule has 5 aromatic rings. The molecule has 3 aromatic carbocycles. The number of benzene rings is 3. The van der Waals surface area contributed by atoms with E-state index in [0.29, 0.717) is 24.8 Å². The normalized spacial score (nSPS) is 10.8. The molecule has 5 rings (SSSR count). The standard InChI is InChI=1S/C30H27N5OS/c36-28(34(20-24-10-4-1-5-11-24)21-25-12-6-2-7-13-25)23-37-30-33-32-29(27-16-18-31-19-17-27)35(30)22-26-14-8-3-9-15-26/h1-19H,20-23H2. The average molecular weight is 506 g/mol. The maximum atomic E-state index is 13.5. The number of hydrogen-bond acceptors (Lipinski definition) is 5. The van der Waals surface area contributed by atoms with E-state index < -0.39 is 0 Å². The lowest BCUT2D eigenvalue weighted by Gasteiger charge is -2.23. The van der Waals surface area contributed by atoms with Crippen molar-refractivity contribution in [2.24, 2.45) is 0 Å². The third-order valence-corrected chi connectivity index (χ3v) is 6.90. The number of carbonyl (C=O) groups is 1. The summed E-state index contributed by atoms with van der Waals surface area (Å²) in [6, 6.07) is 34.2. The van der Waals surface area contributed by atoms with Crippen molar-refractivity contribution in [1.82, 2.24) is 24.6 Å². The Balaban J connectivity index is 1.37. The highest BCUT2D eigenvalue weighted by Gasteiger charge is 2.19. The molecule has 0 N–H and O–H groups in total. The van der Waals surface area contributed by atoms with E-state index >= 15 is 0 Å². The zero-order valence-electron chi connectivity index (χ0n) is 20.4. The third-order valence-electron chi connectivity index (χ3n) is 5.95. The van der Waals surface area contributed by atoms with Gasteiger partial charge in [-0.3, -0.25) is 14.3 Å². The molecule has 1 amide bonds. The fraction of sp³-hybridized carbons (Fsp3) is 0.133. The van der Waals surface area contributed by atoms with E-state index in [1.54, 1.807) is 12.4 Å². The quantitative estimate of drug-likeness (QED) is 0.228. The van der Waals surface area contributed by atoms with Gasteiger partial charge in [-0.2, -0.15) is 0 Å². The Morgan fingerprint density at radius 1 is 0.703 bits per heavy atom. The van der Waals surface area contributed by atoms with E-state index in [9.17, 15) is 4.79 Å². The summed E-state index contributed by atoms with van der Waals surface area (Å²) in [7, 11) is 0. The molecule has 184 valence electrons. The summed E-state index contributed by atoms with van der Waals surface area (Å²) in [4.78, 5) is 19.5. The molecule has 0 radical (unpaired) electrons. The number of aromatic nitrogens is 4. The van der Waals surface area contributed by atoms with Crippen molar-refractivity contribution in [1.29, 1.82) is 0 Å². The molecule has 2 aromatic heterocycles. The molecule has 0 saturated heterocycles. The van der Waals surface area contributed by atoms with Crippen molar-refractivity contribution in [3.8, 4) is 11.4 Å². The molecule has 0 bridgehead atoms.